The lowest BCUT2D eigenvalue weighted by Crippen LogP contribution is -1.97. The van der Waals surface area contributed by atoms with Gasteiger partial charge in [0.15, 0.2) is 0 Å². The van der Waals surface area contributed by atoms with E-state index in [1.54, 1.807) is 0 Å². The Balaban J connectivity index is 1.28. The highest BCUT2D eigenvalue weighted by atomic mass is 16.3. The Morgan fingerprint density at radius 2 is 1.32 bits per heavy atom. The lowest BCUT2D eigenvalue weighted by Gasteiger charge is -2.12. The summed E-state index contributed by atoms with van der Waals surface area (Å²) in [6.07, 6.45) is 6.26. The van der Waals surface area contributed by atoms with Crippen molar-refractivity contribution < 1.29 is 4.42 Å². The fraction of sp³-hybridized carbons (Fsp3) is 0.0213. The van der Waals surface area contributed by atoms with E-state index in [1.807, 2.05) is 18.2 Å². The molecule has 3 heteroatoms. The smallest absolute Gasteiger partial charge is 0.142 e. The fourth-order valence-electron chi connectivity index (χ4n) is 8.05. The van der Waals surface area contributed by atoms with E-state index in [9.17, 15) is 0 Å². The van der Waals surface area contributed by atoms with Crippen LogP contribution in [0.15, 0.2) is 175 Å². The van der Waals surface area contributed by atoms with Crippen LogP contribution >= 0.6 is 0 Å². The number of benzene rings is 7. The van der Waals surface area contributed by atoms with Crippen LogP contribution in [-0.2, 0) is 0 Å². The largest absolute Gasteiger partial charge is 0.455 e. The Labute approximate surface area is 288 Å². The summed E-state index contributed by atoms with van der Waals surface area (Å²) in [5.41, 5.74) is 10.8. The van der Waals surface area contributed by atoms with Gasteiger partial charge in [-0.3, -0.25) is 0 Å². The number of hydrogen-bond donors (Lipinski definition) is 0. The molecule has 0 amide bonds. The topological polar surface area (TPSA) is 23.0 Å². The summed E-state index contributed by atoms with van der Waals surface area (Å²) < 4.78 is 11.3. The molecular weight excluding hydrogens is 609 g/mol. The predicted octanol–water partition coefficient (Wildman–Crippen LogP) is 13.1. The highest BCUT2D eigenvalue weighted by Crippen LogP contribution is 2.42. The van der Waals surface area contributed by atoms with Gasteiger partial charge in [-0.25, -0.2) is 0 Å². The summed E-state index contributed by atoms with van der Waals surface area (Å²) in [5, 5.41) is 9.71. The lowest BCUT2D eigenvalue weighted by atomic mass is 10.0. The molecule has 0 aliphatic rings. The Hall–Kier alpha value is -6.58. The summed E-state index contributed by atoms with van der Waals surface area (Å²) in [6.45, 7) is 6.32. The van der Waals surface area contributed by atoms with Crippen molar-refractivity contribution in [3.05, 3.63) is 176 Å². The molecule has 0 aliphatic heterocycles. The van der Waals surface area contributed by atoms with E-state index in [0.29, 0.717) is 0 Å². The normalized spacial score (nSPS) is 12.8. The van der Waals surface area contributed by atoms with E-state index < -0.39 is 0 Å². The first-order chi connectivity index (χ1) is 24.7. The molecule has 0 bridgehead atoms. The number of para-hydroxylation sites is 4. The molecule has 0 saturated carbocycles. The third-order valence-corrected chi connectivity index (χ3v) is 10.2. The van der Waals surface area contributed by atoms with Crippen LogP contribution in [0.4, 0.5) is 0 Å². The van der Waals surface area contributed by atoms with E-state index >= 15 is 0 Å². The third kappa shape index (κ3) is 4.10. The van der Waals surface area contributed by atoms with Gasteiger partial charge in [0.25, 0.3) is 0 Å². The minimum absolute atomic E-state index is 0.901. The highest BCUT2D eigenvalue weighted by molar-refractivity contribution is 6.25. The molecule has 10 aromatic rings. The summed E-state index contributed by atoms with van der Waals surface area (Å²) >= 11 is 0. The molecule has 0 fully saturated rings. The van der Waals surface area contributed by atoms with Crippen molar-refractivity contribution in [1.82, 2.24) is 9.13 Å². The second kappa shape index (κ2) is 11.0. The molecule has 50 heavy (non-hydrogen) atoms. The molecule has 0 unspecified atom stereocenters. The van der Waals surface area contributed by atoms with Crippen molar-refractivity contribution in [2.24, 2.45) is 0 Å². The van der Waals surface area contributed by atoms with Crippen molar-refractivity contribution >= 4 is 87.6 Å². The van der Waals surface area contributed by atoms with Gasteiger partial charge in [0.1, 0.15) is 11.2 Å². The van der Waals surface area contributed by atoms with Crippen molar-refractivity contribution in [2.45, 2.75) is 6.92 Å². The Morgan fingerprint density at radius 1 is 0.580 bits per heavy atom. The number of allylic oxidation sites excluding steroid dienone is 5. The third-order valence-electron chi connectivity index (χ3n) is 10.2. The Morgan fingerprint density at radius 3 is 2.18 bits per heavy atom. The monoisotopic (exact) mass is 640 g/mol. The first-order valence-electron chi connectivity index (χ1n) is 17.1. The Kier molecular flexibility index (Phi) is 6.24. The van der Waals surface area contributed by atoms with E-state index in [0.717, 1.165) is 55.5 Å². The summed E-state index contributed by atoms with van der Waals surface area (Å²) in [7, 11) is 0. The molecule has 0 N–H and O–H groups in total. The molecule has 0 atom stereocenters. The Bertz CT molecular complexity index is 3050. The van der Waals surface area contributed by atoms with Gasteiger partial charge in [-0.1, -0.05) is 116 Å². The van der Waals surface area contributed by atoms with Crippen molar-refractivity contribution in [3.63, 3.8) is 0 Å². The molecule has 0 spiro atoms. The van der Waals surface area contributed by atoms with Crippen molar-refractivity contribution in [1.29, 1.82) is 0 Å². The number of rotatable bonds is 5. The number of furan rings is 1. The molecule has 3 aromatic heterocycles. The van der Waals surface area contributed by atoms with E-state index in [2.05, 4.69) is 168 Å². The van der Waals surface area contributed by atoms with Gasteiger partial charge >= 0.3 is 0 Å². The van der Waals surface area contributed by atoms with Crippen LogP contribution in [0.2, 0.25) is 0 Å². The second-order valence-electron chi connectivity index (χ2n) is 13.0. The van der Waals surface area contributed by atoms with Crippen LogP contribution < -0.4 is 0 Å². The van der Waals surface area contributed by atoms with Crippen LogP contribution in [0.5, 0.6) is 0 Å². The van der Waals surface area contributed by atoms with Gasteiger partial charge in [-0.15, -0.1) is 0 Å². The summed E-state index contributed by atoms with van der Waals surface area (Å²) in [4.78, 5) is 0. The first-order valence-corrected chi connectivity index (χ1v) is 17.1. The molecule has 7 aromatic carbocycles. The molecular formula is C47H32N2O. The maximum Gasteiger partial charge on any atom is 0.142 e. The van der Waals surface area contributed by atoms with Crippen LogP contribution in [0, 0.1) is 0 Å². The van der Waals surface area contributed by atoms with Crippen LogP contribution in [0.25, 0.3) is 93.3 Å². The zero-order valence-electron chi connectivity index (χ0n) is 27.6. The first kappa shape index (κ1) is 28.4. The molecule has 0 aliphatic carbocycles. The maximum atomic E-state index is 6.45. The van der Waals surface area contributed by atoms with Crippen LogP contribution in [0.1, 0.15) is 12.5 Å². The summed E-state index contributed by atoms with van der Waals surface area (Å²) in [5.74, 6) is 0. The fourth-order valence-corrected chi connectivity index (χ4v) is 8.05. The van der Waals surface area contributed by atoms with E-state index in [4.69, 9.17) is 4.42 Å². The van der Waals surface area contributed by atoms with Crippen molar-refractivity contribution in [2.75, 3.05) is 0 Å². The molecule has 3 nitrogen and oxygen atoms in total. The predicted molar refractivity (Wildman–Crippen MR) is 213 cm³/mol. The second-order valence-corrected chi connectivity index (χ2v) is 13.0. The number of nitrogens with zero attached hydrogens (tertiary/aromatic N) is 2. The highest BCUT2D eigenvalue weighted by Gasteiger charge is 2.20. The number of aromatic nitrogens is 2. The minimum atomic E-state index is 0.901. The summed E-state index contributed by atoms with van der Waals surface area (Å²) in [6, 6.07) is 52.1. The average molecular weight is 641 g/mol. The molecule has 3 heterocycles. The standard InChI is InChI=1S/C47H32N2O/c1-3-14-33(27-30(2)34-21-13-22-38-37-20-10-12-24-45(37)50-47(34)38)49-41-23-11-9-19-36(41)39-28-40-44(29-43(39)49)48(32-16-5-4-6-17-32)42-26-25-31-15-7-8-18-35(31)46(40)42/h3-29H,1H2,2H3/b30-27+,33-14+. The van der Waals surface area contributed by atoms with Gasteiger partial charge in [-0.05, 0) is 77.9 Å². The van der Waals surface area contributed by atoms with E-state index in [-0.39, 0.29) is 0 Å². The zero-order valence-corrected chi connectivity index (χ0v) is 27.6. The van der Waals surface area contributed by atoms with Gasteiger partial charge < -0.3 is 13.6 Å². The van der Waals surface area contributed by atoms with Crippen molar-refractivity contribution in [3.8, 4) is 5.69 Å². The van der Waals surface area contributed by atoms with Gasteiger partial charge in [0, 0.05) is 49.3 Å². The molecule has 10 rings (SSSR count). The maximum absolute atomic E-state index is 6.45. The quantitative estimate of drug-likeness (QED) is 0.172. The SMILES string of the molecule is C=C/C=C(\C=C(/C)c1cccc2c1oc1ccccc12)n1c2ccccc2c2cc3c4c5ccccc5ccc4n(-c4ccccc4)c3cc21. The lowest BCUT2D eigenvalue weighted by molar-refractivity contribution is 0.667. The minimum Gasteiger partial charge on any atom is -0.455 e. The number of hydrogen-bond acceptors (Lipinski definition) is 1. The zero-order chi connectivity index (χ0) is 33.3. The number of fused-ring (bicyclic) bond motifs is 11. The molecule has 0 saturated heterocycles. The van der Waals surface area contributed by atoms with Crippen LogP contribution in [-0.4, -0.2) is 9.13 Å². The average Bonchev–Trinajstić information content (AvgIpc) is 3.81. The molecule has 0 radical (unpaired) electrons. The van der Waals surface area contributed by atoms with E-state index in [1.165, 1.54) is 43.4 Å². The molecule has 236 valence electrons. The van der Waals surface area contributed by atoms with Gasteiger partial charge in [0.05, 0.1) is 22.1 Å². The van der Waals surface area contributed by atoms with Crippen LogP contribution in [0.3, 0.4) is 0 Å². The van der Waals surface area contributed by atoms with Gasteiger partial charge in [-0.2, -0.15) is 0 Å². The van der Waals surface area contributed by atoms with Gasteiger partial charge in [0.2, 0.25) is 0 Å².